The molecule has 2 heterocycles. The van der Waals surface area contributed by atoms with Gasteiger partial charge in [-0.25, -0.2) is 13.9 Å². The van der Waals surface area contributed by atoms with Gasteiger partial charge in [-0.1, -0.05) is 11.8 Å². The summed E-state index contributed by atoms with van der Waals surface area (Å²) < 4.78 is 28.9. The van der Waals surface area contributed by atoms with Gasteiger partial charge in [0, 0.05) is 38.4 Å². The molecule has 174 valence electrons. The molecule has 3 rings (SSSR count). The zero-order valence-corrected chi connectivity index (χ0v) is 18.9. The summed E-state index contributed by atoms with van der Waals surface area (Å²) in [5.41, 5.74) is 0.891. The molecule has 1 aromatic rings. The normalized spacial score (nSPS) is 18.7. The van der Waals surface area contributed by atoms with Crippen LogP contribution in [0.3, 0.4) is 0 Å². The number of hydrogen-bond acceptors (Lipinski definition) is 7. The summed E-state index contributed by atoms with van der Waals surface area (Å²) in [6.07, 6.45) is 0.376. The summed E-state index contributed by atoms with van der Waals surface area (Å²) in [6.45, 7) is 2.72. The number of carbonyl (C=O) groups is 3. The van der Waals surface area contributed by atoms with Gasteiger partial charge in [-0.2, -0.15) is 0 Å². The van der Waals surface area contributed by atoms with Crippen molar-refractivity contribution in [3.8, 4) is 23.7 Å². The SMILES string of the molecule is COC1(C(C(=O)NO)N(C=O)c2ccc(C#CC#CC3CN(C(C)=O)C3)cc2)CS(=O)(=O)C1. The number of hydroxylamine groups is 1. The van der Waals surface area contributed by atoms with E-state index in [1.165, 1.54) is 31.6 Å². The van der Waals surface area contributed by atoms with Crippen molar-refractivity contribution >= 4 is 33.7 Å². The second kappa shape index (κ2) is 9.63. The maximum atomic E-state index is 12.4. The van der Waals surface area contributed by atoms with Gasteiger partial charge in [-0.15, -0.1) is 0 Å². The molecule has 2 aliphatic heterocycles. The van der Waals surface area contributed by atoms with Crippen LogP contribution in [-0.4, -0.2) is 80.1 Å². The summed E-state index contributed by atoms with van der Waals surface area (Å²) in [4.78, 5) is 38.1. The monoisotopic (exact) mass is 473 g/mol. The van der Waals surface area contributed by atoms with E-state index in [1.54, 1.807) is 17.0 Å². The summed E-state index contributed by atoms with van der Waals surface area (Å²) in [6, 6.07) is 4.90. The van der Waals surface area contributed by atoms with Crippen molar-refractivity contribution in [3.05, 3.63) is 29.8 Å². The van der Waals surface area contributed by atoms with Gasteiger partial charge >= 0.3 is 0 Å². The van der Waals surface area contributed by atoms with Gasteiger partial charge in [0.05, 0.1) is 17.4 Å². The Morgan fingerprint density at radius 3 is 2.39 bits per heavy atom. The molecule has 2 fully saturated rings. The van der Waals surface area contributed by atoms with Crippen LogP contribution >= 0.6 is 0 Å². The average molecular weight is 474 g/mol. The van der Waals surface area contributed by atoms with E-state index >= 15 is 0 Å². The van der Waals surface area contributed by atoms with Crippen molar-refractivity contribution in [3.63, 3.8) is 0 Å². The second-order valence-corrected chi connectivity index (χ2v) is 9.94. The molecule has 11 heteroatoms. The minimum Gasteiger partial charge on any atom is -0.373 e. The number of rotatable bonds is 6. The lowest BCUT2D eigenvalue weighted by atomic mass is 9.94. The molecular weight excluding hydrogens is 450 g/mol. The Labute approximate surface area is 191 Å². The number of hydrogen-bond donors (Lipinski definition) is 2. The highest BCUT2D eigenvalue weighted by molar-refractivity contribution is 7.93. The maximum Gasteiger partial charge on any atom is 0.269 e. The number of likely N-dealkylation sites (tertiary alicyclic amines) is 1. The van der Waals surface area contributed by atoms with Crippen LogP contribution in [-0.2, 0) is 29.0 Å². The fourth-order valence-corrected chi connectivity index (χ4v) is 5.78. The van der Waals surface area contributed by atoms with Crippen molar-refractivity contribution in [2.45, 2.75) is 18.6 Å². The zero-order chi connectivity index (χ0) is 24.2. The first-order chi connectivity index (χ1) is 15.6. The number of amides is 3. The molecular formula is C22H23N3O7S. The Kier molecular flexibility index (Phi) is 7.08. The van der Waals surface area contributed by atoms with Crippen molar-refractivity contribution in [1.29, 1.82) is 0 Å². The van der Waals surface area contributed by atoms with E-state index in [-0.39, 0.29) is 17.5 Å². The van der Waals surface area contributed by atoms with Crippen molar-refractivity contribution < 1.29 is 32.7 Å². The van der Waals surface area contributed by atoms with E-state index in [0.29, 0.717) is 25.1 Å². The van der Waals surface area contributed by atoms with Crippen LogP contribution in [0, 0.1) is 29.6 Å². The van der Waals surface area contributed by atoms with Gasteiger partial charge in [0.15, 0.2) is 9.84 Å². The number of carbonyl (C=O) groups excluding carboxylic acids is 3. The van der Waals surface area contributed by atoms with E-state index in [0.717, 1.165) is 4.90 Å². The summed E-state index contributed by atoms with van der Waals surface area (Å²) in [5, 5.41) is 9.17. The Morgan fingerprint density at radius 2 is 1.91 bits per heavy atom. The molecule has 10 nitrogen and oxygen atoms in total. The number of ether oxygens (including phenoxy) is 1. The Morgan fingerprint density at radius 1 is 1.27 bits per heavy atom. The Bertz CT molecular complexity index is 1150. The summed E-state index contributed by atoms with van der Waals surface area (Å²) >= 11 is 0. The lowest BCUT2D eigenvalue weighted by Gasteiger charge is -2.47. The van der Waals surface area contributed by atoms with Gasteiger partial charge in [-0.05, 0) is 36.1 Å². The molecule has 2 aliphatic rings. The highest BCUT2D eigenvalue weighted by Crippen LogP contribution is 2.35. The molecule has 0 spiro atoms. The van der Waals surface area contributed by atoms with Crippen molar-refractivity contribution in [2.75, 3.05) is 36.6 Å². The van der Waals surface area contributed by atoms with Gasteiger partial charge < -0.3 is 9.64 Å². The predicted molar refractivity (Wildman–Crippen MR) is 117 cm³/mol. The van der Waals surface area contributed by atoms with E-state index in [1.807, 2.05) is 0 Å². The van der Waals surface area contributed by atoms with Crippen molar-refractivity contribution in [1.82, 2.24) is 10.4 Å². The van der Waals surface area contributed by atoms with Gasteiger partial charge in [0.1, 0.15) is 11.6 Å². The molecule has 3 amide bonds. The number of sulfone groups is 1. The smallest absolute Gasteiger partial charge is 0.269 e. The summed E-state index contributed by atoms with van der Waals surface area (Å²) in [7, 11) is -2.18. The predicted octanol–water partition coefficient (Wildman–Crippen LogP) is -0.830. The first kappa shape index (κ1) is 24.3. The number of nitrogens with one attached hydrogen (secondary N) is 1. The van der Waals surface area contributed by atoms with E-state index < -0.39 is 38.9 Å². The van der Waals surface area contributed by atoms with Crippen LogP contribution in [0.25, 0.3) is 0 Å². The first-order valence-electron chi connectivity index (χ1n) is 9.95. The third kappa shape index (κ3) is 5.17. The first-order valence-corrected chi connectivity index (χ1v) is 11.8. The van der Waals surface area contributed by atoms with Crippen LogP contribution < -0.4 is 10.4 Å². The maximum absolute atomic E-state index is 12.4. The number of nitrogens with zero attached hydrogens (tertiary/aromatic N) is 2. The lowest BCUT2D eigenvalue weighted by molar-refractivity contribution is -0.139. The minimum absolute atomic E-state index is 0.0256. The highest BCUT2D eigenvalue weighted by atomic mass is 32.2. The minimum atomic E-state index is -3.42. The van der Waals surface area contributed by atoms with Gasteiger partial charge in [-0.3, -0.25) is 24.5 Å². The fourth-order valence-electron chi connectivity index (χ4n) is 3.83. The van der Waals surface area contributed by atoms with Crippen molar-refractivity contribution in [2.24, 2.45) is 5.92 Å². The molecule has 0 bridgehead atoms. The Balaban J connectivity index is 1.75. The van der Waals surface area contributed by atoms with E-state index in [9.17, 15) is 28.0 Å². The molecule has 0 aliphatic carbocycles. The van der Waals surface area contributed by atoms with Crippen LogP contribution in [0.2, 0.25) is 0 Å². The molecule has 0 saturated carbocycles. The summed E-state index contributed by atoms with van der Waals surface area (Å²) in [5.74, 6) is 9.59. The van der Waals surface area contributed by atoms with E-state index in [4.69, 9.17) is 4.74 Å². The third-order valence-electron chi connectivity index (χ3n) is 5.62. The Hall–Kier alpha value is -3.38. The second-order valence-electron chi connectivity index (χ2n) is 7.88. The molecule has 1 atom stereocenters. The lowest BCUT2D eigenvalue weighted by Crippen LogP contribution is -2.71. The topological polar surface area (TPSA) is 133 Å². The average Bonchev–Trinajstić information content (AvgIpc) is 2.73. The van der Waals surface area contributed by atoms with Gasteiger partial charge in [0.2, 0.25) is 12.3 Å². The van der Waals surface area contributed by atoms with Crippen LogP contribution in [0.1, 0.15) is 12.5 Å². The van der Waals surface area contributed by atoms with Crippen LogP contribution in [0.15, 0.2) is 24.3 Å². The standard InChI is InChI=1S/C22H23N3O7S/c1-16(27)24-11-18(12-24)6-4-3-5-17-7-9-19(10-8-17)25(15-26)20(21(28)23-29)22(32-2)13-33(30,31)14-22/h7-10,15,18,20,29H,11-14H2,1-2H3,(H,23,28). The quantitative estimate of drug-likeness (QED) is 0.238. The van der Waals surface area contributed by atoms with Crippen LogP contribution in [0.5, 0.6) is 0 Å². The molecule has 1 aromatic carbocycles. The fraction of sp³-hybridized carbons (Fsp3) is 0.409. The largest absolute Gasteiger partial charge is 0.373 e. The zero-order valence-electron chi connectivity index (χ0n) is 18.1. The molecule has 33 heavy (non-hydrogen) atoms. The molecule has 1 unspecified atom stereocenters. The number of benzene rings is 1. The molecule has 2 N–H and O–H groups in total. The number of methoxy groups -OCH3 is 1. The third-order valence-corrected chi connectivity index (χ3v) is 7.48. The molecule has 0 radical (unpaired) electrons. The highest BCUT2D eigenvalue weighted by Gasteiger charge is 2.59. The molecule has 2 saturated heterocycles. The van der Waals surface area contributed by atoms with E-state index in [2.05, 4.69) is 23.7 Å². The van der Waals surface area contributed by atoms with Gasteiger partial charge in [0.25, 0.3) is 5.91 Å². The van der Waals surface area contributed by atoms with Crippen LogP contribution in [0.4, 0.5) is 5.69 Å². The molecule has 0 aromatic heterocycles. The number of anilines is 1.